The maximum absolute atomic E-state index is 14.1. The van der Waals surface area contributed by atoms with Gasteiger partial charge in [-0.1, -0.05) is 11.6 Å². The van der Waals surface area contributed by atoms with E-state index in [2.05, 4.69) is 6.92 Å². The molecule has 5 nitrogen and oxygen atoms in total. The molecule has 0 fully saturated rings. The molecule has 24 heavy (non-hydrogen) atoms. The highest BCUT2D eigenvalue weighted by Crippen LogP contribution is 2.30. The van der Waals surface area contributed by atoms with Crippen LogP contribution >= 0.6 is 11.6 Å². The Bertz CT molecular complexity index is 903. The van der Waals surface area contributed by atoms with Gasteiger partial charge in [0, 0.05) is 19.2 Å². The van der Waals surface area contributed by atoms with Crippen LogP contribution in [0.5, 0.6) is 5.75 Å². The van der Waals surface area contributed by atoms with Gasteiger partial charge in [0.25, 0.3) is 5.56 Å². The number of aromatic nitrogens is 2. The lowest BCUT2D eigenvalue weighted by Crippen LogP contribution is -2.41. The van der Waals surface area contributed by atoms with Crippen LogP contribution in [-0.2, 0) is 13.2 Å². The molecule has 0 spiro atoms. The zero-order valence-corrected chi connectivity index (χ0v) is 12.9. The van der Waals surface area contributed by atoms with Crippen LogP contribution in [0.3, 0.4) is 0 Å². The Morgan fingerprint density at radius 2 is 1.88 bits per heavy atom. The highest BCUT2D eigenvalue weighted by molar-refractivity contribution is 6.32. The molecule has 0 amide bonds. The number of nitrogens with zero attached hydrogens (tertiary/aromatic N) is 2. The van der Waals surface area contributed by atoms with Gasteiger partial charge >= 0.3 is 11.9 Å². The molecule has 2 aromatic rings. The highest BCUT2D eigenvalue weighted by atomic mass is 35.5. The number of halogens is 5. The molecule has 0 bridgehead atoms. The number of ether oxygens (including phenoxy) is 1. The molecule has 0 unspecified atom stereocenters. The van der Waals surface area contributed by atoms with Crippen molar-refractivity contribution in [1.82, 2.24) is 9.13 Å². The monoisotopic (exact) mass is 365 g/mol. The molecule has 1 aromatic carbocycles. The van der Waals surface area contributed by atoms with Gasteiger partial charge in [-0.05, 0) is 13.0 Å². The molecule has 10 heteroatoms. The molecule has 2 rings (SSSR count). The van der Waals surface area contributed by atoms with Crippen molar-refractivity contribution < 1.29 is 22.3 Å². The Labute approximate surface area is 137 Å². The smallest absolute Gasteiger partial charge is 0.431 e. The van der Waals surface area contributed by atoms with Crippen LogP contribution in [-0.4, -0.2) is 15.7 Å². The molecule has 0 aliphatic carbocycles. The van der Waals surface area contributed by atoms with Crippen LogP contribution in [0.4, 0.5) is 17.6 Å². The number of rotatable bonds is 3. The van der Waals surface area contributed by atoms with Gasteiger partial charge in [-0.2, -0.15) is 13.2 Å². The summed E-state index contributed by atoms with van der Waals surface area (Å²) in [6, 6.07) is 1.93. The molecule has 0 saturated heterocycles. The van der Waals surface area contributed by atoms with E-state index in [1.807, 2.05) is 0 Å². The summed E-state index contributed by atoms with van der Waals surface area (Å²) in [5.41, 5.74) is -4.73. The second kappa shape index (κ2) is 6.31. The first-order chi connectivity index (χ1) is 11.1. The maximum Gasteiger partial charge on any atom is 0.431 e. The maximum atomic E-state index is 14.1. The summed E-state index contributed by atoms with van der Waals surface area (Å²) in [5, 5.41) is -0.142. The van der Waals surface area contributed by atoms with E-state index >= 15 is 0 Å². The third kappa shape index (κ3) is 3.16. The van der Waals surface area contributed by atoms with Gasteiger partial charge in [0.15, 0.2) is 0 Å². The fourth-order valence-electron chi connectivity index (χ4n) is 2.03. The van der Waals surface area contributed by atoms with E-state index in [9.17, 15) is 27.2 Å². The fourth-order valence-corrected chi connectivity index (χ4v) is 2.23. The molecule has 0 aliphatic rings. The molecule has 129 valence electrons. The fraction of sp³-hybridized carbons (Fsp3) is 0.214. The predicted octanol–water partition coefficient (Wildman–Crippen LogP) is 2.56. The minimum Gasteiger partial charge on any atom is -0.492 e. The summed E-state index contributed by atoms with van der Waals surface area (Å²) in [7, 11) is 0.822. The van der Waals surface area contributed by atoms with Crippen molar-refractivity contribution in [2.75, 3.05) is 6.61 Å². The third-order valence-corrected chi connectivity index (χ3v) is 3.41. The summed E-state index contributed by atoms with van der Waals surface area (Å²) < 4.78 is 58.0. The Morgan fingerprint density at radius 1 is 1.25 bits per heavy atom. The van der Waals surface area contributed by atoms with Crippen LogP contribution in [0, 0.1) is 12.7 Å². The molecule has 0 N–H and O–H groups in total. The highest BCUT2D eigenvalue weighted by Gasteiger charge is 2.35. The van der Waals surface area contributed by atoms with Crippen LogP contribution in [0.15, 0.2) is 27.8 Å². The molecule has 0 saturated carbocycles. The van der Waals surface area contributed by atoms with Crippen LogP contribution < -0.4 is 16.0 Å². The average Bonchev–Trinajstić information content (AvgIpc) is 2.46. The van der Waals surface area contributed by atoms with E-state index in [-0.39, 0.29) is 32.6 Å². The normalized spacial score (nSPS) is 11.6. The Balaban J connectivity index is 2.80. The molecular formula is C14H10ClF4N2O3. The SMILES string of the molecule is [CH2]COc1cc(-n2c(=O)cc(C(F)(F)F)n(C)c2=O)c(F)cc1Cl. The lowest BCUT2D eigenvalue weighted by atomic mass is 10.2. The van der Waals surface area contributed by atoms with Crippen molar-refractivity contribution in [3.05, 3.63) is 62.5 Å². The summed E-state index contributed by atoms with van der Waals surface area (Å²) in [6.07, 6.45) is -4.91. The van der Waals surface area contributed by atoms with Crippen molar-refractivity contribution in [2.45, 2.75) is 6.18 Å². The first-order valence-electron chi connectivity index (χ1n) is 6.39. The average molecular weight is 366 g/mol. The second-order valence-electron chi connectivity index (χ2n) is 4.63. The quantitative estimate of drug-likeness (QED) is 0.786. The minimum atomic E-state index is -4.91. The number of alkyl halides is 3. The van der Waals surface area contributed by atoms with Gasteiger partial charge in [-0.25, -0.2) is 13.8 Å². The van der Waals surface area contributed by atoms with Gasteiger partial charge in [0.1, 0.15) is 17.3 Å². The third-order valence-electron chi connectivity index (χ3n) is 3.11. The van der Waals surface area contributed by atoms with Gasteiger partial charge in [0.05, 0.1) is 17.3 Å². The molecule has 1 aromatic heterocycles. The van der Waals surface area contributed by atoms with Gasteiger partial charge in [-0.3, -0.25) is 9.36 Å². The second-order valence-corrected chi connectivity index (χ2v) is 5.03. The summed E-state index contributed by atoms with van der Waals surface area (Å²) in [6.45, 7) is 3.32. The summed E-state index contributed by atoms with van der Waals surface area (Å²) >= 11 is 5.75. The number of benzene rings is 1. The van der Waals surface area contributed by atoms with Crippen LogP contribution in [0.2, 0.25) is 5.02 Å². The summed E-state index contributed by atoms with van der Waals surface area (Å²) in [4.78, 5) is 24.1. The minimum absolute atomic E-state index is 0.0723. The standard InChI is InChI=1S/C14H10ClF4N2O3/c1-3-24-10-5-9(8(16)4-7(10)15)21-12(22)6-11(14(17,18)19)20(2)13(21)23/h4-6H,1,3H2,2H3. The lowest BCUT2D eigenvalue weighted by Gasteiger charge is -2.15. The first kappa shape index (κ1) is 18.1. The van der Waals surface area contributed by atoms with Crippen molar-refractivity contribution in [2.24, 2.45) is 7.05 Å². The Morgan fingerprint density at radius 3 is 2.42 bits per heavy atom. The molecule has 1 radical (unpaired) electrons. The van der Waals surface area contributed by atoms with Crippen molar-refractivity contribution in [1.29, 1.82) is 0 Å². The van der Waals surface area contributed by atoms with Gasteiger partial charge in [-0.15, -0.1) is 0 Å². The summed E-state index contributed by atoms with van der Waals surface area (Å²) in [5.74, 6) is -1.15. The lowest BCUT2D eigenvalue weighted by molar-refractivity contribution is -0.144. The van der Waals surface area contributed by atoms with Crippen molar-refractivity contribution in [3.8, 4) is 11.4 Å². The first-order valence-corrected chi connectivity index (χ1v) is 6.77. The van der Waals surface area contributed by atoms with Gasteiger partial charge in [0.2, 0.25) is 0 Å². The molecule has 1 heterocycles. The van der Waals surface area contributed by atoms with E-state index in [0.29, 0.717) is 0 Å². The molecule has 0 atom stereocenters. The van der Waals surface area contributed by atoms with E-state index in [1.165, 1.54) is 0 Å². The van der Waals surface area contributed by atoms with Crippen LogP contribution in [0.25, 0.3) is 5.69 Å². The zero-order chi connectivity index (χ0) is 18.2. The number of hydrogen-bond acceptors (Lipinski definition) is 3. The largest absolute Gasteiger partial charge is 0.492 e. The molecule has 0 aliphatic heterocycles. The molecular weight excluding hydrogens is 356 g/mol. The predicted molar refractivity (Wildman–Crippen MR) is 78.1 cm³/mol. The number of hydrogen-bond donors (Lipinski definition) is 0. The van der Waals surface area contributed by atoms with Crippen molar-refractivity contribution in [3.63, 3.8) is 0 Å². The van der Waals surface area contributed by atoms with Crippen LogP contribution in [0.1, 0.15) is 5.69 Å². The zero-order valence-electron chi connectivity index (χ0n) is 12.2. The topological polar surface area (TPSA) is 53.2 Å². The van der Waals surface area contributed by atoms with E-state index < -0.39 is 34.6 Å². The Kier molecular flexibility index (Phi) is 4.75. The van der Waals surface area contributed by atoms with Gasteiger partial charge < -0.3 is 4.74 Å². The van der Waals surface area contributed by atoms with Crippen molar-refractivity contribution >= 4 is 11.6 Å². The van der Waals surface area contributed by atoms with E-state index in [4.69, 9.17) is 16.3 Å². The Hall–Kier alpha value is -2.29. The van der Waals surface area contributed by atoms with E-state index in [0.717, 1.165) is 19.2 Å². The van der Waals surface area contributed by atoms with E-state index in [1.54, 1.807) is 0 Å².